The second kappa shape index (κ2) is 5.75. The second-order valence-corrected chi connectivity index (χ2v) is 6.69. The van der Waals surface area contributed by atoms with Gasteiger partial charge in [-0.2, -0.15) is 0 Å². The summed E-state index contributed by atoms with van der Waals surface area (Å²) >= 11 is 1.63. The van der Waals surface area contributed by atoms with Crippen molar-refractivity contribution in [1.82, 2.24) is 9.99 Å². The van der Waals surface area contributed by atoms with Crippen LogP contribution in [-0.4, -0.2) is 36.2 Å². The smallest absolute Gasteiger partial charge is 0.123 e. The monoisotopic (exact) mass is 303 g/mol. The Morgan fingerprint density at radius 1 is 1.19 bits per heavy atom. The van der Waals surface area contributed by atoms with Crippen molar-refractivity contribution in [2.45, 2.75) is 25.4 Å². The Kier molecular flexibility index (Phi) is 3.97. The molecule has 0 fully saturated rings. The number of benzene rings is 1. The first-order valence-corrected chi connectivity index (χ1v) is 8.07. The van der Waals surface area contributed by atoms with Crippen molar-refractivity contribution in [3.05, 3.63) is 34.8 Å². The fourth-order valence-electron chi connectivity index (χ4n) is 2.57. The lowest BCUT2D eigenvalue weighted by Gasteiger charge is -2.26. The molecule has 3 rings (SSSR count). The average Bonchev–Trinajstić information content (AvgIpc) is 2.92. The Morgan fingerprint density at radius 3 is 2.52 bits per heavy atom. The first-order chi connectivity index (χ1) is 10.1. The third kappa shape index (κ3) is 2.81. The number of aliphatic hydroxyl groups is 1. The number of aliphatic hydroxyl groups excluding tert-OH is 1. The first-order valence-electron chi connectivity index (χ1n) is 7.25. The molecule has 1 aliphatic rings. The van der Waals surface area contributed by atoms with E-state index in [4.69, 9.17) is 4.98 Å². The number of thiazole rings is 1. The van der Waals surface area contributed by atoms with E-state index in [1.165, 1.54) is 0 Å². The maximum absolute atomic E-state index is 10.1. The summed E-state index contributed by atoms with van der Waals surface area (Å²) in [6, 6.07) is 8.41. The van der Waals surface area contributed by atoms with E-state index in [2.05, 4.69) is 29.3 Å². The Labute approximate surface area is 129 Å². The standard InChI is InChI=1S/C16H21N3OS/c1-18(2)19(3)12-9-7-11(8-10-12)16-17-13-5-4-6-14(20)15(13)21-16/h7-10,14,20H,4-6H2,1-3H3. The lowest BCUT2D eigenvalue weighted by Crippen LogP contribution is -2.32. The Morgan fingerprint density at radius 2 is 1.90 bits per heavy atom. The molecule has 0 bridgehead atoms. The number of aryl methyl sites for hydroxylation is 1. The molecule has 1 aromatic heterocycles. The minimum absolute atomic E-state index is 0.320. The van der Waals surface area contributed by atoms with Gasteiger partial charge >= 0.3 is 0 Å². The van der Waals surface area contributed by atoms with Crippen molar-refractivity contribution < 1.29 is 5.11 Å². The zero-order chi connectivity index (χ0) is 15.0. The van der Waals surface area contributed by atoms with Crippen LogP contribution in [0.3, 0.4) is 0 Å². The van der Waals surface area contributed by atoms with Gasteiger partial charge < -0.3 is 10.1 Å². The Bertz CT molecular complexity index is 621. The van der Waals surface area contributed by atoms with Crippen molar-refractivity contribution in [2.75, 3.05) is 26.2 Å². The highest BCUT2D eigenvalue weighted by atomic mass is 32.1. The van der Waals surface area contributed by atoms with Gasteiger partial charge in [-0.05, 0) is 43.5 Å². The van der Waals surface area contributed by atoms with E-state index in [9.17, 15) is 5.11 Å². The van der Waals surface area contributed by atoms with Crippen LogP contribution in [0.5, 0.6) is 0 Å². The highest BCUT2D eigenvalue weighted by Gasteiger charge is 2.23. The average molecular weight is 303 g/mol. The van der Waals surface area contributed by atoms with E-state index in [0.29, 0.717) is 0 Å². The normalized spacial score (nSPS) is 17.9. The van der Waals surface area contributed by atoms with Crippen molar-refractivity contribution >= 4 is 17.0 Å². The van der Waals surface area contributed by atoms with Crippen LogP contribution in [-0.2, 0) is 6.42 Å². The number of hydrogen-bond acceptors (Lipinski definition) is 5. The molecule has 0 amide bonds. The largest absolute Gasteiger partial charge is 0.388 e. The number of hydrazine groups is 1. The van der Waals surface area contributed by atoms with Crippen molar-refractivity contribution in [1.29, 1.82) is 0 Å². The van der Waals surface area contributed by atoms with Crippen molar-refractivity contribution in [3.8, 4) is 10.6 Å². The molecule has 0 saturated heterocycles. The molecule has 21 heavy (non-hydrogen) atoms. The van der Waals surface area contributed by atoms with E-state index in [1.807, 2.05) is 26.2 Å². The molecule has 1 heterocycles. The van der Waals surface area contributed by atoms with Gasteiger partial charge in [-0.15, -0.1) is 11.3 Å². The van der Waals surface area contributed by atoms with Gasteiger partial charge in [0.25, 0.3) is 0 Å². The molecule has 4 nitrogen and oxygen atoms in total. The van der Waals surface area contributed by atoms with Gasteiger partial charge in [-0.1, -0.05) is 0 Å². The summed E-state index contributed by atoms with van der Waals surface area (Å²) in [6.45, 7) is 0. The molecule has 2 aromatic rings. The molecule has 0 radical (unpaired) electrons. The highest BCUT2D eigenvalue weighted by molar-refractivity contribution is 7.15. The second-order valence-electron chi connectivity index (χ2n) is 5.66. The molecule has 1 unspecified atom stereocenters. The van der Waals surface area contributed by atoms with E-state index < -0.39 is 0 Å². The SMILES string of the molecule is CN(C)N(C)c1ccc(-c2nc3c(s2)C(O)CCC3)cc1. The van der Waals surface area contributed by atoms with Crippen molar-refractivity contribution in [3.63, 3.8) is 0 Å². The molecule has 0 saturated carbocycles. The van der Waals surface area contributed by atoms with Gasteiger partial charge in [0.15, 0.2) is 0 Å². The molecule has 0 spiro atoms. The molecule has 1 aliphatic carbocycles. The topological polar surface area (TPSA) is 39.6 Å². The number of fused-ring (bicyclic) bond motifs is 1. The van der Waals surface area contributed by atoms with E-state index in [-0.39, 0.29) is 6.10 Å². The quantitative estimate of drug-likeness (QED) is 0.885. The number of nitrogens with zero attached hydrogens (tertiary/aromatic N) is 3. The lowest BCUT2D eigenvalue weighted by molar-refractivity contribution is 0.160. The van der Waals surface area contributed by atoms with Crippen LogP contribution in [0.4, 0.5) is 5.69 Å². The number of rotatable bonds is 3. The van der Waals surface area contributed by atoms with Gasteiger partial charge in [-0.25, -0.2) is 9.99 Å². The van der Waals surface area contributed by atoms with Crippen LogP contribution in [0.25, 0.3) is 10.6 Å². The van der Waals surface area contributed by atoms with E-state index >= 15 is 0 Å². The number of anilines is 1. The maximum Gasteiger partial charge on any atom is 0.123 e. The van der Waals surface area contributed by atoms with Crippen LogP contribution in [0.2, 0.25) is 0 Å². The molecule has 5 heteroatoms. The zero-order valence-corrected chi connectivity index (χ0v) is 13.5. The predicted molar refractivity (Wildman–Crippen MR) is 87.5 cm³/mol. The third-order valence-electron chi connectivity index (χ3n) is 4.01. The van der Waals surface area contributed by atoms with Gasteiger partial charge in [0.05, 0.1) is 22.4 Å². The predicted octanol–water partition coefficient (Wildman–Crippen LogP) is 3.09. The van der Waals surface area contributed by atoms with Crippen LogP contribution < -0.4 is 5.01 Å². The van der Waals surface area contributed by atoms with Crippen LogP contribution in [0.15, 0.2) is 24.3 Å². The fourth-order valence-corrected chi connectivity index (χ4v) is 3.71. The minimum atomic E-state index is -0.320. The summed E-state index contributed by atoms with van der Waals surface area (Å²) in [5, 5.41) is 15.2. The van der Waals surface area contributed by atoms with Gasteiger partial charge in [0.2, 0.25) is 0 Å². The van der Waals surface area contributed by atoms with Gasteiger partial charge in [-0.3, -0.25) is 0 Å². The summed E-state index contributed by atoms with van der Waals surface area (Å²) < 4.78 is 0. The van der Waals surface area contributed by atoms with Crippen LogP contribution in [0, 0.1) is 0 Å². The minimum Gasteiger partial charge on any atom is -0.388 e. The summed E-state index contributed by atoms with van der Waals surface area (Å²) in [7, 11) is 6.07. The number of aromatic nitrogens is 1. The molecule has 1 aromatic carbocycles. The summed E-state index contributed by atoms with van der Waals surface area (Å²) in [5.41, 5.74) is 3.35. The summed E-state index contributed by atoms with van der Waals surface area (Å²) in [6.07, 6.45) is 2.56. The third-order valence-corrected chi connectivity index (χ3v) is 5.26. The highest BCUT2D eigenvalue weighted by Crippen LogP contribution is 2.38. The summed E-state index contributed by atoms with van der Waals surface area (Å²) in [5.74, 6) is 0. The zero-order valence-electron chi connectivity index (χ0n) is 12.7. The van der Waals surface area contributed by atoms with Crippen LogP contribution in [0.1, 0.15) is 29.5 Å². The Hall–Kier alpha value is -1.43. The maximum atomic E-state index is 10.1. The van der Waals surface area contributed by atoms with Crippen molar-refractivity contribution in [2.24, 2.45) is 0 Å². The molecular weight excluding hydrogens is 282 g/mol. The lowest BCUT2D eigenvalue weighted by atomic mass is 10.0. The van der Waals surface area contributed by atoms with Crippen LogP contribution >= 0.6 is 11.3 Å². The fraction of sp³-hybridized carbons (Fsp3) is 0.438. The summed E-state index contributed by atoms with van der Waals surface area (Å²) in [4.78, 5) is 5.78. The number of hydrogen-bond donors (Lipinski definition) is 1. The Balaban J connectivity index is 1.88. The van der Waals surface area contributed by atoms with Gasteiger partial charge in [0, 0.05) is 26.7 Å². The molecular formula is C16H21N3OS. The molecule has 1 N–H and O–H groups in total. The molecule has 1 atom stereocenters. The van der Waals surface area contributed by atoms with E-state index in [1.54, 1.807) is 11.3 Å². The molecule has 0 aliphatic heterocycles. The molecule has 112 valence electrons. The van der Waals surface area contributed by atoms with E-state index in [0.717, 1.165) is 46.1 Å². The van der Waals surface area contributed by atoms with Gasteiger partial charge in [0.1, 0.15) is 5.01 Å². The first kappa shape index (κ1) is 14.5.